The highest BCUT2D eigenvalue weighted by Crippen LogP contribution is 2.14. The van der Waals surface area contributed by atoms with Gasteiger partial charge in [-0.2, -0.15) is 0 Å². The van der Waals surface area contributed by atoms with Crippen molar-refractivity contribution < 1.29 is 22.5 Å². The number of hydrogen-bond acceptors (Lipinski definition) is 6. The lowest BCUT2D eigenvalue weighted by Gasteiger charge is -2.12. The van der Waals surface area contributed by atoms with Crippen molar-refractivity contribution in [2.75, 3.05) is 13.2 Å². The summed E-state index contributed by atoms with van der Waals surface area (Å²) in [5, 5.41) is 6.48. The molecular weight excluding hydrogens is 358 g/mol. The van der Waals surface area contributed by atoms with Crippen LogP contribution in [-0.4, -0.2) is 38.7 Å². The van der Waals surface area contributed by atoms with Gasteiger partial charge in [-0.15, -0.1) is 0 Å². The fourth-order valence-electron chi connectivity index (χ4n) is 2.67. The predicted molar refractivity (Wildman–Crippen MR) is 93.0 cm³/mol. The second-order valence-corrected chi connectivity index (χ2v) is 7.89. The third-order valence-electron chi connectivity index (χ3n) is 4.04. The smallest absolute Gasteiger partial charge is 0.251 e. The zero-order valence-electron chi connectivity index (χ0n) is 14.4. The zero-order chi connectivity index (χ0) is 18.6. The second-order valence-electron chi connectivity index (χ2n) is 6.13. The van der Waals surface area contributed by atoms with Crippen molar-refractivity contribution >= 4 is 15.9 Å². The van der Waals surface area contributed by atoms with Crippen molar-refractivity contribution in [1.29, 1.82) is 0 Å². The zero-order valence-corrected chi connectivity index (χ0v) is 15.2. The number of aryl methyl sites for hydroxylation is 1. The van der Waals surface area contributed by atoms with Gasteiger partial charge in [0.15, 0.2) is 0 Å². The monoisotopic (exact) mass is 379 g/mol. The van der Waals surface area contributed by atoms with E-state index < -0.39 is 10.0 Å². The molecule has 0 saturated carbocycles. The molecule has 1 atom stereocenters. The summed E-state index contributed by atoms with van der Waals surface area (Å²) in [6, 6.07) is 7.62. The van der Waals surface area contributed by atoms with Gasteiger partial charge in [-0.05, 0) is 38.0 Å². The molecule has 0 radical (unpaired) electrons. The maximum Gasteiger partial charge on any atom is 0.251 e. The molecule has 8 nitrogen and oxygen atoms in total. The van der Waals surface area contributed by atoms with Crippen molar-refractivity contribution in [2.45, 2.75) is 37.3 Å². The Labute approximate surface area is 152 Å². The molecule has 1 saturated heterocycles. The van der Waals surface area contributed by atoms with Gasteiger partial charge in [0.1, 0.15) is 11.5 Å². The molecule has 9 heteroatoms. The van der Waals surface area contributed by atoms with Crippen molar-refractivity contribution in [1.82, 2.24) is 15.2 Å². The van der Waals surface area contributed by atoms with Crippen LogP contribution in [0, 0.1) is 6.92 Å². The Balaban J connectivity index is 1.63. The molecule has 2 N–H and O–H groups in total. The van der Waals surface area contributed by atoms with Crippen LogP contribution >= 0.6 is 0 Å². The molecule has 1 aromatic heterocycles. The molecule has 140 valence electrons. The van der Waals surface area contributed by atoms with Gasteiger partial charge < -0.3 is 14.6 Å². The Morgan fingerprint density at radius 2 is 2.19 bits per heavy atom. The number of sulfonamides is 1. The third kappa shape index (κ3) is 4.69. The number of nitrogens with zero attached hydrogens (tertiary/aromatic N) is 1. The van der Waals surface area contributed by atoms with Crippen molar-refractivity contribution in [3.05, 3.63) is 47.3 Å². The molecule has 1 aliphatic rings. The first kappa shape index (κ1) is 18.6. The quantitative estimate of drug-likeness (QED) is 0.752. The first-order valence-electron chi connectivity index (χ1n) is 8.36. The summed E-state index contributed by atoms with van der Waals surface area (Å²) in [5.74, 6) is 0.265. The van der Waals surface area contributed by atoms with Crippen LogP contribution < -0.4 is 10.0 Å². The summed E-state index contributed by atoms with van der Waals surface area (Å²) in [6.45, 7) is 2.85. The fraction of sp³-hybridized carbons (Fsp3) is 0.412. The molecule has 1 unspecified atom stereocenters. The molecule has 1 fully saturated rings. The number of nitrogens with one attached hydrogen (secondary N) is 2. The van der Waals surface area contributed by atoms with Gasteiger partial charge in [-0.3, -0.25) is 4.79 Å². The minimum absolute atomic E-state index is 0.0421. The van der Waals surface area contributed by atoms with E-state index in [1.807, 2.05) is 0 Å². The number of ether oxygens (including phenoxy) is 1. The fourth-order valence-corrected chi connectivity index (χ4v) is 3.78. The molecule has 3 rings (SSSR count). The summed E-state index contributed by atoms with van der Waals surface area (Å²) in [7, 11) is -3.70. The summed E-state index contributed by atoms with van der Waals surface area (Å²) in [5.41, 5.74) is 0.850. The summed E-state index contributed by atoms with van der Waals surface area (Å²) < 4.78 is 37.7. The lowest BCUT2D eigenvalue weighted by atomic mass is 10.2. The Morgan fingerprint density at radius 1 is 1.35 bits per heavy atom. The molecule has 2 aromatic rings. The lowest BCUT2D eigenvalue weighted by Crippen LogP contribution is -2.32. The van der Waals surface area contributed by atoms with E-state index in [-0.39, 0.29) is 35.6 Å². The highest BCUT2D eigenvalue weighted by molar-refractivity contribution is 7.89. The highest BCUT2D eigenvalue weighted by Gasteiger charge is 2.21. The summed E-state index contributed by atoms with van der Waals surface area (Å²) >= 11 is 0. The number of rotatable bonds is 7. The van der Waals surface area contributed by atoms with Gasteiger partial charge in [0.05, 0.1) is 17.5 Å². The van der Waals surface area contributed by atoms with Crippen LogP contribution in [0.3, 0.4) is 0 Å². The van der Waals surface area contributed by atoms with E-state index >= 15 is 0 Å². The standard InChI is InChI=1S/C17H21N3O5S/c1-12-8-14(20-25-12)10-18-17(21)13-4-2-6-16(9-13)26(22,23)19-11-15-5-3-7-24-15/h2,4,6,8-9,15,19H,3,5,7,10-11H2,1H3,(H,18,21). The Hall–Kier alpha value is -2.23. The van der Waals surface area contributed by atoms with E-state index in [9.17, 15) is 13.2 Å². The van der Waals surface area contributed by atoms with Gasteiger partial charge in [0.25, 0.3) is 5.91 Å². The van der Waals surface area contributed by atoms with Crippen molar-refractivity contribution in [3.63, 3.8) is 0 Å². The number of amides is 1. The number of aromatic nitrogens is 1. The maximum absolute atomic E-state index is 12.4. The topological polar surface area (TPSA) is 111 Å². The Kier molecular flexibility index (Phi) is 5.70. The lowest BCUT2D eigenvalue weighted by molar-refractivity contribution is 0.0950. The van der Waals surface area contributed by atoms with E-state index in [4.69, 9.17) is 9.26 Å². The van der Waals surface area contributed by atoms with E-state index in [1.54, 1.807) is 19.1 Å². The first-order valence-corrected chi connectivity index (χ1v) is 9.84. The number of benzene rings is 1. The normalized spacial score (nSPS) is 17.3. The number of carbonyl (C=O) groups excluding carboxylic acids is 1. The van der Waals surface area contributed by atoms with Gasteiger partial charge in [-0.25, -0.2) is 13.1 Å². The van der Waals surface area contributed by atoms with Crippen LogP contribution in [0.2, 0.25) is 0 Å². The molecule has 26 heavy (non-hydrogen) atoms. The van der Waals surface area contributed by atoms with Crippen LogP contribution in [0.25, 0.3) is 0 Å². The number of carbonyl (C=O) groups is 1. The average Bonchev–Trinajstić information content (AvgIpc) is 3.29. The Bertz CT molecular complexity index is 872. The van der Waals surface area contributed by atoms with E-state index in [1.165, 1.54) is 18.2 Å². The summed E-state index contributed by atoms with van der Waals surface area (Å²) in [6.07, 6.45) is 1.68. The van der Waals surface area contributed by atoms with Gasteiger partial charge in [0, 0.05) is 24.8 Å². The number of hydrogen-bond donors (Lipinski definition) is 2. The maximum atomic E-state index is 12.4. The van der Waals surface area contributed by atoms with E-state index in [2.05, 4.69) is 15.2 Å². The van der Waals surface area contributed by atoms with E-state index in [0.717, 1.165) is 12.8 Å². The first-order chi connectivity index (χ1) is 12.4. The molecule has 1 amide bonds. The SMILES string of the molecule is Cc1cc(CNC(=O)c2cccc(S(=O)(=O)NCC3CCCO3)c2)no1. The minimum Gasteiger partial charge on any atom is -0.377 e. The largest absolute Gasteiger partial charge is 0.377 e. The average molecular weight is 379 g/mol. The molecule has 1 aromatic carbocycles. The molecule has 1 aliphatic heterocycles. The molecule has 0 bridgehead atoms. The van der Waals surface area contributed by atoms with E-state index in [0.29, 0.717) is 18.1 Å². The summed E-state index contributed by atoms with van der Waals surface area (Å²) in [4.78, 5) is 12.3. The van der Waals surface area contributed by atoms with Crippen LogP contribution in [-0.2, 0) is 21.3 Å². The van der Waals surface area contributed by atoms with Gasteiger partial charge in [-0.1, -0.05) is 11.2 Å². The van der Waals surface area contributed by atoms with Crippen molar-refractivity contribution in [3.8, 4) is 0 Å². The van der Waals surface area contributed by atoms with Crippen LogP contribution in [0.1, 0.15) is 34.7 Å². The van der Waals surface area contributed by atoms with Gasteiger partial charge >= 0.3 is 0 Å². The molecular formula is C17H21N3O5S. The minimum atomic E-state index is -3.70. The van der Waals surface area contributed by atoms with Crippen LogP contribution in [0.4, 0.5) is 0 Å². The predicted octanol–water partition coefficient (Wildman–Crippen LogP) is 1.37. The molecule has 2 heterocycles. The van der Waals surface area contributed by atoms with Crippen LogP contribution in [0.5, 0.6) is 0 Å². The third-order valence-corrected chi connectivity index (χ3v) is 5.46. The van der Waals surface area contributed by atoms with Crippen LogP contribution in [0.15, 0.2) is 39.8 Å². The molecule has 0 spiro atoms. The van der Waals surface area contributed by atoms with Gasteiger partial charge in [0.2, 0.25) is 10.0 Å². The second kappa shape index (κ2) is 7.98. The Morgan fingerprint density at radius 3 is 2.88 bits per heavy atom. The molecule has 0 aliphatic carbocycles. The highest BCUT2D eigenvalue weighted by atomic mass is 32.2. The van der Waals surface area contributed by atoms with Crippen molar-refractivity contribution in [2.24, 2.45) is 0 Å².